The zero-order valence-corrected chi connectivity index (χ0v) is 19.6. The van der Waals surface area contributed by atoms with E-state index in [-0.39, 0.29) is 12.2 Å². The van der Waals surface area contributed by atoms with E-state index in [1.165, 1.54) is 19.1 Å². The summed E-state index contributed by atoms with van der Waals surface area (Å²) in [7, 11) is 5.93. The van der Waals surface area contributed by atoms with Crippen molar-refractivity contribution in [1.82, 2.24) is 4.90 Å². The molecule has 8 nitrogen and oxygen atoms in total. The second-order valence-corrected chi connectivity index (χ2v) is 8.29. The molecule has 8 heteroatoms. The highest BCUT2D eigenvalue weighted by molar-refractivity contribution is 5.91. The smallest absolute Gasteiger partial charge is 0.410 e. The van der Waals surface area contributed by atoms with Crippen LogP contribution < -0.4 is 4.74 Å². The van der Waals surface area contributed by atoms with Crippen molar-refractivity contribution in [3.05, 3.63) is 29.8 Å². The lowest BCUT2D eigenvalue weighted by Gasteiger charge is -2.31. The number of hydrogen-bond donors (Lipinski definition) is 0. The van der Waals surface area contributed by atoms with Crippen molar-refractivity contribution in [1.29, 1.82) is 0 Å². The summed E-state index contributed by atoms with van der Waals surface area (Å²) >= 11 is 0. The van der Waals surface area contributed by atoms with Crippen LogP contribution in [-0.4, -0.2) is 63.3 Å². The van der Waals surface area contributed by atoms with Crippen molar-refractivity contribution < 1.29 is 33.3 Å². The van der Waals surface area contributed by atoms with Gasteiger partial charge >= 0.3 is 12.1 Å². The summed E-state index contributed by atoms with van der Waals surface area (Å²) < 4.78 is 20.6. The third kappa shape index (κ3) is 8.57. The van der Waals surface area contributed by atoms with Crippen LogP contribution >= 0.6 is 0 Å². The molecule has 0 unspecified atom stereocenters. The molecule has 0 aliphatic carbocycles. The number of Topliss-reactive ketones (excluding diaryl/α,β-unsaturated/α-hetero) is 1. The van der Waals surface area contributed by atoms with Gasteiger partial charge in [0.2, 0.25) is 0 Å². The van der Waals surface area contributed by atoms with Crippen molar-refractivity contribution >= 4 is 17.8 Å². The lowest BCUT2D eigenvalue weighted by atomic mass is 9.91. The molecule has 174 valence electrons. The zero-order valence-electron chi connectivity index (χ0n) is 19.6. The van der Waals surface area contributed by atoms with Crippen LogP contribution in [0.4, 0.5) is 4.79 Å². The highest BCUT2D eigenvalue weighted by Crippen LogP contribution is 2.28. The molecule has 0 radical (unpaired) electrons. The number of ether oxygens (including phenoxy) is 4. The summed E-state index contributed by atoms with van der Waals surface area (Å²) in [6, 6.07) is 5.96. The van der Waals surface area contributed by atoms with Gasteiger partial charge in [-0.2, -0.15) is 0 Å². The fraction of sp³-hybridized carbons (Fsp3) is 0.609. The number of amides is 1. The lowest BCUT2D eigenvalue weighted by molar-refractivity contribution is -0.148. The molecule has 0 fully saturated rings. The highest BCUT2D eigenvalue weighted by Gasteiger charge is 2.34. The van der Waals surface area contributed by atoms with E-state index in [0.717, 1.165) is 0 Å². The largest absolute Gasteiger partial charge is 0.497 e. The van der Waals surface area contributed by atoms with Gasteiger partial charge in [-0.3, -0.25) is 14.5 Å². The Labute approximate surface area is 184 Å². The van der Waals surface area contributed by atoms with Crippen LogP contribution in [0.5, 0.6) is 5.75 Å². The second-order valence-electron chi connectivity index (χ2n) is 8.29. The molecule has 0 spiro atoms. The molecule has 0 aliphatic rings. The Balaban J connectivity index is 3.19. The van der Waals surface area contributed by atoms with Crippen LogP contribution in [0, 0.1) is 5.92 Å². The molecule has 0 saturated heterocycles. The molecule has 0 aromatic heterocycles. The maximum absolute atomic E-state index is 13.4. The van der Waals surface area contributed by atoms with Gasteiger partial charge < -0.3 is 18.9 Å². The van der Waals surface area contributed by atoms with Gasteiger partial charge in [0, 0.05) is 27.2 Å². The number of carbonyl (C=O) groups is 3. The Bertz CT molecular complexity index is 724. The summed E-state index contributed by atoms with van der Waals surface area (Å²) in [5, 5.41) is 0. The molecule has 0 aliphatic heterocycles. The number of hydrogen-bond acceptors (Lipinski definition) is 7. The van der Waals surface area contributed by atoms with Crippen molar-refractivity contribution in [3.8, 4) is 5.75 Å². The van der Waals surface area contributed by atoms with E-state index < -0.39 is 29.6 Å². The molecule has 1 aromatic carbocycles. The van der Waals surface area contributed by atoms with Crippen LogP contribution in [0.3, 0.4) is 0 Å². The normalized spacial score (nSPS) is 13.1. The van der Waals surface area contributed by atoms with E-state index in [2.05, 4.69) is 0 Å². The monoisotopic (exact) mass is 437 g/mol. The zero-order chi connectivity index (χ0) is 23.6. The van der Waals surface area contributed by atoms with E-state index in [1.807, 2.05) is 0 Å². The topological polar surface area (TPSA) is 91.4 Å². The quantitative estimate of drug-likeness (QED) is 0.384. The molecule has 1 amide bonds. The minimum absolute atomic E-state index is 0.0692. The standard InChI is InChI=1S/C23H35NO7/c1-23(2,3)31-22(27)24(4)20(16-10-12-18(29-6)13-11-16)19(25)15-17(21(26)30-7)9-8-14-28-5/h10-13,17,20H,8-9,14-15H2,1-7H3/t17-,20+/m1/s1. The maximum Gasteiger partial charge on any atom is 0.410 e. The van der Waals surface area contributed by atoms with E-state index in [9.17, 15) is 14.4 Å². The van der Waals surface area contributed by atoms with E-state index in [4.69, 9.17) is 18.9 Å². The number of methoxy groups -OCH3 is 3. The van der Waals surface area contributed by atoms with Gasteiger partial charge in [0.05, 0.1) is 20.1 Å². The fourth-order valence-electron chi connectivity index (χ4n) is 3.15. The Morgan fingerprint density at radius 2 is 1.65 bits per heavy atom. The number of ketones is 1. The minimum Gasteiger partial charge on any atom is -0.497 e. The average Bonchev–Trinajstić information content (AvgIpc) is 2.71. The van der Waals surface area contributed by atoms with Crippen LogP contribution in [0.1, 0.15) is 51.6 Å². The highest BCUT2D eigenvalue weighted by atomic mass is 16.6. The maximum atomic E-state index is 13.4. The molecule has 0 saturated carbocycles. The first-order valence-electron chi connectivity index (χ1n) is 10.2. The number of esters is 1. The fourth-order valence-corrected chi connectivity index (χ4v) is 3.15. The van der Waals surface area contributed by atoms with Crippen molar-refractivity contribution in [2.24, 2.45) is 5.92 Å². The molecule has 1 rings (SSSR count). The second kappa shape index (κ2) is 12.3. The van der Waals surface area contributed by atoms with Gasteiger partial charge in [-0.25, -0.2) is 4.79 Å². The first-order chi connectivity index (χ1) is 14.5. The summed E-state index contributed by atoms with van der Waals surface area (Å²) in [6.07, 6.45) is 0.354. The number of rotatable bonds is 11. The number of nitrogens with zero attached hydrogens (tertiary/aromatic N) is 1. The molecule has 0 heterocycles. The lowest BCUT2D eigenvalue weighted by Crippen LogP contribution is -2.40. The van der Waals surface area contributed by atoms with Gasteiger partial charge in [-0.05, 0) is 51.3 Å². The first kappa shape index (κ1) is 26.4. The molecule has 0 N–H and O–H groups in total. The Hall–Kier alpha value is -2.61. The van der Waals surface area contributed by atoms with E-state index >= 15 is 0 Å². The average molecular weight is 438 g/mol. The Morgan fingerprint density at radius 1 is 1.03 bits per heavy atom. The predicted molar refractivity (Wildman–Crippen MR) is 116 cm³/mol. The summed E-state index contributed by atoms with van der Waals surface area (Å²) in [5.74, 6) is -0.744. The molecule has 0 bridgehead atoms. The Morgan fingerprint density at radius 3 is 2.13 bits per heavy atom. The Kier molecular flexibility index (Phi) is 10.5. The van der Waals surface area contributed by atoms with Gasteiger partial charge in [0.15, 0.2) is 5.78 Å². The molecule has 1 aromatic rings. The van der Waals surface area contributed by atoms with Gasteiger partial charge in [-0.1, -0.05) is 12.1 Å². The van der Waals surface area contributed by atoms with Crippen LogP contribution in [0.2, 0.25) is 0 Å². The van der Waals surface area contributed by atoms with Gasteiger partial charge in [0.1, 0.15) is 17.4 Å². The van der Waals surface area contributed by atoms with Gasteiger partial charge in [0.25, 0.3) is 0 Å². The summed E-state index contributed by atoms with van der Waals surface area (Å²) in [6.45, 7) is 5.74. The molecule has 31 heavy (non-hydrogen) atoms. The van der Waals surface area contributed by atoms with Crippen molar-refractivity contribution in [3.63, 3.8) is 0 Å². The van der Waals surface area contributed by atoms with E-state index in [0.29, 0.717) is 30.8 Å². The van der Waals surface area contributed by atoms with Crippen LogP contribution in [0.25, 0.3) is 0 Å². The van der Waals surface area contributed by atoms with Crippen molar-refractivity contribution in [2.45, 2.75) is 51.7 Å². The molecular weight excluding hydrogens is 402 g/mol. The van der Waals surface area contributed by atoms with Crippen molar-refractivity contribution in [2.75, 3.05) is 35.0 Å². The van der Waals surface area contributed by atoms with Crippen LogP contribution in [0.15, 0.2) is 24.3 Å². The minimum atomic E-state index is -0.921. The first-order valence-corrected chi connectivity index (χ1v) is 10.2. The molecular formula is C23H35NO7. The van der Waals surface area contributed by atoms with Crippen LogP contribution in [-0.2, 0) is 23.8 Å². The van der Waals surface area contributed by atoms with Gasteiger partial charge in [-0.15, -0.1) is 0 Å². The summed E-state index contributed by atoms with van der Waals surface area (Å²) in [4.78, 5) is 39.6. The summed E-state index contributed by atoms with van der Waals surface area (Å²) in [5.41, 5.74) is -0.118. The third-order valence-electron chi connectivity index (χ3n) is 4.69. The van der Waals surface area contributed by atoms with E-state index in [1.54, 1.807) is 59.3 Å². The third-order valence-corrected chi connectivity index (χ3v) is 4.69. The molecule has 2 atom stereocenters. The SMILES string of the molecule is COCCC[C@H](CC(=O)[C@H](c1ccc(OC)cc1)N(C)C(=O)OC(C)(C)C)C(=O)OC. The predicted octanol–water partition coefficient (Wildman–Crippen LogP) is 3.78. The number of benzene rings is 1. The number of carbonyl (C=O) groups excluding carboxylic acids is 3. The number of likely N-dealkylation sites (N-methyl/N-ethyl adjacent to an activating group) is 1.